The molecule has 0 aliphatic carbocycles. The van der Waals surface area contributed by atoms with Crippen molar-refractivity contribution in [1.82, 2.24) is 14.9 Å². The van der Waals surface area contributed by atoms with Gasteiger partial charge in [-0.15, -0.1) is 11.3 Å². The summed E-state index contributed by atoms with van der Waals surface area (Å²) >= 11 is 1.44. The lowest BCUT2D eigenvalue weighted by molar-refractivity contribution is 0.0741. The number of nitrogens with zero attached hydrogens (tertiary/aromatic N) is 4. The van der Waals surface area contributed by atoms with Gasteiger partial charge in [-0.2, -0.15) is 4.98 Å². The molecule has 1 aliphatic rings. The molecule has 2 aromatic heterocycles. The number of anilines is 1. The summed E-state index contributed by atoms with van der Waals surface area (Å²) in [6, 6.07) is 5.77. The molecule has 2 aromatic rings. The van der Waals surface area contributed by atoms with Crippen LogP contribution in [-0.4, -0.2) is 53.6 Å². The second kappa shape index (κ2) is 6.74. The molecule has 0 atom stereocenters. The largest absolute Gasteiger partial charge is 0.478 e. The van der Waals surface area contributed by atoms with Crippen molar-refractivity contribution in [1.29, 1.82) is 0 Å². The fourth-order valence-electron chi connectivity index (χ4n) is 2.43. The second-order valence-corrected chi connectivity index (χ2v) is 5.64. The highest BCUT2D eigenvalue weighted by Crippen LogP contribution is 2.18. The number of ether oxygens (including phenoxy) is 1. The summed E-state index contributed by atoms with van der Waals surface area (Å²) in [5.41, 5.74) is 2.22. The molecule has 22 heavy (non-hydrogen) atoms. The van der Waals surface area contributed by atoms with Crippen molar-refractivity contribution in [3.8, 4) is 5.88 Å². The van der Waals surface area contributed by atoms with Crippen LogP contribution in [-0.2, 0) is 0 Å². The van der Waals surface area contributed by atoms with Gasteiger partial charge in [-0.25, -0.2) is 4.98 Å². The molecule has 116 valence electrons. The van der Waals surface area contributed by atoms with Gasteiger partial charge in [-0.1, -0.05) is 6.07 Å². The Morgan fingerprint density at radius 3 is 2.82 bits per heavy atom. The van der Waals surface area contributed by atoms with Crippen molar-refractivity contribution in [2.24, 2.45) is 0 Å². The van der Waals surface area contributed by atoms with Crippen molar-refractivity contribution in [3.63, 3.8) is 0 Å². The predicted molar refractivity (Wildman–Crippen MR) is 85.6 cm³/mol. The van der Waals surface area contributed by atoms with E-state index in [0.717, 1.165) is 18.9 Å². The van der Waals surface area contributed by atoms with Gasteiger partial charge in [0.05, 0.1) is 12.1 Å². The Bertz CT molecular complexity index is 624. The van der Waals surface area contributed by atoms with Crippen molar-refractivity contribution >= 4 is 23.1 Å². The number of hydrogen-bond donors (Lipinski definition) is 0. The predicted octanol–water partition coefficient (Wildman–Crippen LogP) is 1.90. The lowest BCUT2D eigenvalue weighted by Gasteiger charge is -2.35. The summed E-state index contributed by atoms with van der Waals surface area (Å²) in [5, 5.41) is 1.79. The molecule has 3 heterocycles. The number of aromatic nitrogens is 2. The Hall–Kier alpha value is -2.15. The molecule has 0 bridgehead atoms. The van der Waals surface area contributed by atoms with E-state index < -0.39 is 0 Å². The van der Waals surface area contributed by atoms with Crippen molar-refractivity contribution in [3.05, 3.63) is 34.8 Å². The summed E-state index contributed by atoms with van der Waals surface area (Å²) in [4.78, 5) is 24.9. The summed E-state index contributed by atoms with van der Waals surface area (Å²) in [6.07, 6.45) is 0. The lowest BCUT2D eigenvalue weighted by atomic mass is 10.2. The fraction of sp³-hybridized carbons (Fsp3) is 0.400. The third-order valence-electron chi connectivity index (χ3n) is 3.54. The third kappa shape index (κ3) is 3.19. The number of hydrogen-bond acceptors (Lipinski definition) is 6. The van der Waals surface area contributed by atoms with E-state index in [1.807, 2.05) is 30.0 Å². The molecule has 0 N–H and O–H groups in total. The van der Waals surface area contributed by atoms with Crippen LogP contribution < -0.4 is 9.64 Å². The van der Waals surface area contributed by atoms with Crippen LogP contribution in [0.15, 0.2) is 29.1 Å². The Balaban J connectivity index is 1.62. The smallest absolute Gasteiger partial charge is 0.273 e. The first kappa shape index (κ1) is 14.8. The number of amides is 1. The third-order valence-corrected chi connectivity index (χ3v) is 4.13. The molecule has 6 nitrogen and oxygen atoms in total. The lowest BCUT2D eigenvalue weighted by Crippen LogP contribution is -2.49. The number of carbonyl (C=O) groups excluding carboxylic acids is 1. The van der Waals surface area contributed by atoms with E-state index in [0.29, 0.717) is 31.3 Å². The van der Waals surface area contributed by atoms with Gasteiger partial charge < -0.3 is 14.5 Å². The van der Waals surface area contributed by atoms with Gasteiger partial charge in [-0.3, -0.25) is 4.79 Å². The highest BCUT2D eigenvalue weighted by molar-refractivity contribution is 7.07. The van der Waals surface area contributed by atoms with Crippen LogP contribution in [0.2, 0.25) is 0 Å². The molecule has 1 aliphatic heterocycles. The van der Waals surface area contributed by atoms with Gasteiger partial charge in [0.1, 0.15) is 11.5 Å². The van der Waals surface area contributed by atoms with E-state index in [-0.39, 0.29) is 5.91 Å². The molecular weight excluding hydrogens is 300 g/mol. The zero-order valence-corrected chi connectivity index (χ0v) is 13.3. The minimum atomic E-state index is 0.0110. The maximum absolute atomic E-state index is 12.3. The summed E-state index contributed by atoms with van der Waals surface area (Å²) in [5.74, 6) is 1.55. The molecule has 3 rings (SSSR count). The van der Waals surface area contributed by atoms with Gasteiger partial charge in [0.25, 0.3) is 5.91 Å². The van der Waals surface area contributed by atoms with E-state index in [9.17, 15) is 4.79 Å². The number of rotatable bonds is 4. The summed E-state index contributed by atoms with van der Waals surface area (Å²) in [7, 11) is 0. The van der Waals surface area contributed by atoms with Gasteiger partial charge in [-0.05, 0) is 13.0 Å². The van der Waals surface area contributed by atoms with E-state index in [2.05, 4.69) is 14.9 Å². The van der Waals surface area contributed by atoms with Crippen LogP contribution in [0.3, 0.4) is 0 Å². The topological polar surface area (TPSA) is 58.6 Å². The molecule has 1 amide bonds. The van der Waals surface area contributed by atoms with Crippen LogP contribution in [0.1, 0.15) is 17.4 Å². The highest BCUT2D eigenvalue weighted by Gasteiger charge is 2.23. The zero-order chi connectivity index (χ0) is 15.4. The Kier molecular flexibility index (Phi) is 4.53. The highest BCUT2D eigenvalue weighted by atomic mass is 32.1. The van der Waals surface area contributed by atoms with Crippen LogP contribution >= 0.6 is 11.3 Å². The summed E-state index contributed by atoms with van der Waals surface area (Å²) < 4.78 is 5.44. The second-order valence-electron chi connectivity index (χ2n) is 4.92. The maximum Gasteiger partial charge on any atom is 0.273 e. The number of piperazine rings is 1. The molecule has 1 fully saturated rings. The molecule has 7 heteroatoms. The van der Waals surface area contributed by atoms with Crippen molar-refractivity contribution in [2.45, 2.75) is 6.92 Å². The maximum atomic E-state index is 12.3. The average Bonchev–Trinajstić information content (AvgIpc) is 3.09. The van der Waals surface area contributed by atoms with E-state index in [1.54, 1.807) is 10.9 Å². The minimum absolute atomic E-state index is 0.0110. The Morgan fingerprint density at radius 2 is 2.14 bits per heavy atom. The zero-order valence-electron chi connectivity index (χ0n) is 12.4. The minimum Gasteiger partial charge on any atom is -0.478 e. The quantitative estimate of drug-likeness (QED) is 0.862. The van der Waals surface area contributed by atoms with E-state index in [4.69, 9.17) is 4.74 Å². The molecule has 1 saturated heterocycles. The first-order chi connectivity index (χ1) is 10.8. The van der Waals surface area contributed by atoms with Gasteiger partial charge in [0.15, 0.2) is 0 Å². The number of thiazole rings is 1. The van der Waals surface area contributed by atoms with Crippen LogP contribution in [0.25, 0.3) is 0 Å². The van der Waals surface area contributed by atoms with Gasteiger partial charge >= 0.3 is 0 Å². The Morgan fingerprint density at radius 1 is 1.32 bits per heavy atom. The van der Waals surface area contributed by atoms with Crippen LogP contribution in [0.4, 0.5) is 5.82 Å². The molecular formula is C15H18N4O2S. The standard InChI is InChI=1S/C15H18N4O2S/c1-2-21-14-5-3-4-13(17-14)18-6-8-19(9-7-18)15(20)12-10-22-11-16-12/h3-5,10-11H,2,6-9H2,1H3. The van der Waals surface area contributed by atoms with Gasteiger partial charge in [0, 0.05) is 37.6 Å². The average molecular weight is 318 g/mol. The first-order valence-electron chi connectivity index (χ1n) is 7.30. The molecule has 0 unspecified atom stereocenters. The SMILES string of the molecule is CCOc1cccc(N2CCN(C(=O)c3cscn3)CC2)n1. The molecule has 0 radical (unpaired) electrons. The fourth-order valence-corrected chi connectivity index (χ4v) is 2.95. The van der Waals surface area contributed by atoms with Crippen LogP contribution in [0, 0.1) is 0 Å². The normalized spacial score (nSPS) is 15.0. The summed E-state index contributed by atoms with van der Waals surface area (Å²) in [6.45, 7) is 5.42. The number of pyridine rings is 1. The molecule has 0 spiro atoms. The monoisotopic (exact) mass is 318 g/mol. The molecule has 0 saturated carbocycles. The van der Waals surface area contributed by atoms with E-state index in [1.165, 1.54) is 11.3 Å². The van der Waals surface area contributed by atoms with Crippen molar-refractivity contribution < 1.29 is 9.53 Å². The first-order valence-corrected chi connectivity index (χ1v) is 8.24. The van der Waals surface area contributed by atoms with Crippen LogP contribution in [0.5, 0.6) is 5.88 Å². The number of carbonyl (C=O) groups is 1. The molecule has 0 aromatic carbocycles. The Labute approximate surface area is 133 Å². The van der Waals surface area contributed by atoms with E-state index >= 15 is 0 Å². The van der Waals surface area contributed by atoms with Crippen molar-refractivity contribution in [2.75, 3.05) is 37.7 Å². The van der Waals surface area contributed by atoms with Gasteiger partial charge in [0.2, 0.25) is 5.88 Å².